The predicted molar refractivity (Wildman–Crippen MR) is 135 cm³/mol. The van der Waals surface area contributed by atoms with Gasteiger partial charge < -0.3 is 21.1 Å². The summed E-state index contributed by atoms with van der Waals surface area (Å²) in [6.07, 6.45) is 3.04. The Morgan fingerprint density at radius 3 is 2.37 bits per heavy atom. The Balaban J connectivity index is 1.53. The highest BCUT2D eigenvalue weighted by Gasteiger charge is 2.24. The molecule has 0 aliphatic heterocycles. The molecule has 35 heavy (non-hydrogen) atoms. The third kappa shape index (κ3) is 6.52. The van der Waals surface area contributed by atoms with E-state index in [1.807, 2.05) is 42.5 Å². The molecule has 3 aromatic carbocycles. The largest absolute Gasteiger partial charge is 0.489 e. The third-order valence-corrected chi connectivity index (χ3v) is 5.35. The fourth-order valence-electron chi connectivity index (χ4n) is 3.50. The molecule has 1 heterocycles. The first-order chi connectivity index (χ1) is 17.1. The molecular formula is C28H26N4O3. The summed E-state index contributed by atoms with van der Waals surface area (Å²) in [5.41, 5.74) is 9.23. The van der Waals surface area contributed by atoms with Gasteiger partial charge in [0.05, 0.1) is 5.56 Å². The van der Waals surface area contributed by atoms with Crippen LogP contribution in [0, 0.1) is 0 Å². The maximum atomic E-state index is 13.3. The van der Waals surface area contributed by atoms with Crippen molar-refractivity contribution in [3.63, 3.8) is 0 Å². The van der Waals surface area contributed by atoms with Crippen LogP contribution < -0.4 is 21.1 Å². The molecule has 1 atom stereocenters. The number of amides is 2. The smallest absolute Gasteiger partial charge is 0.253 e. The number of carbonyl (C=O) groups excluding carboxylic acids is 2. The topological polar surface area (TPSA) is 106 Å². The summed E-state index contributed by atoms with van der Waals surface area (Å²) in [4.78, 5) is 30.1. The lowest BCUT2D eigenvalue weighted by Crippen LogP contribution is -2.37. The van der Waals surface area contributed by atoms with Crippen molar-refractivity contribution in [2.75, 3.05) is 5.32 Å². The summed E-state index contributed by atoms with van der Waals surface area (Å²) < 4.78 is 5.85. The number of aromatic nitrogens is 1. The van der Waals surface area contributed by atoms with Crippen molar-refractivity contribution >= 4 is 17.5 Å². The van der Waals surface area contributed by atoms with Gasteiger partial charge in [-0.05, 0) is 53.1 Å². The van der Waals surface area contributed by atoms with Gasteiger partial charge in [0.15, 0.2) is 0 Å². The highest BCUT2D eigenvalue weighted by atomic mass is 16.5. The molecule has 1 aromatic heterocycles. The summed E-state index contributed by atoms with van der Waals surface area (Å²) in [5.74, 6) is -0.126. The number of benzene rings is 3. The first-order valence-corrected chi connectivity index (χ1v) is 11.2. The van der Waals surface area contributed by atoms with Gasteiger partial charge in [-0.3, -0.25) is 14.6 Å². The van der Waals surface area contributed by atoms with Gasteiger partial charge in [-0.2, -0.15) is 0 Å². The molecule has 7 heteroatoms. The molecule has 0 radical (unpaired) electrons. The minimum absolute atomic E-state index is 0.356. The van der Waals surface area contributed by atoms with Gasteiger partial charge in [0.1, 0.15) is 18.4 Å². The van der Waals surface area contributed by atoms with Crippen LogP contribution in [0.4, 0.5) is 5.69 Å². The van der Waals surface area contributed by atoms with Crippen molar-refractivity contribution in [1.82, 2.24) is 10.3 Å². The van der Waals surface area contributed by atoms with Crippen LogP contribution in [-0.4, -0.2) is 16.8 Å². The van der Waals surface area contributed by atoms with E-state index in [-0.39, 0.29) is 5.91 Å². The molecular weight excluding hydrogens is 440 g/mol. The van der Waals surface area contributed by atoms with Gasteiger partial charge in [0.25, 0.3) is 11.8 Å². The number of hydrogen-bond acceptors (Lipinski definition) is 5. The van der Waals surface area contributed by atoms with Crippen LogP contribution in [0.3, 0.4) is 0 Å². The molecule has 7 nitrogen and oxygen atoms in total. The second-order valence-electron chi connectivity index (χ2n) is 7.89. The van der Waals surface area contributed by atoms with Gasteiger partial charge in [0.2, 0.25) is 0 Å². The van der Waals surface area contributed by atoms with Crippen molar-refractivity contribution in [3.8, 4) is 5.75 Å². The second-order valence-corrected chi connectivity index (χ2v) is 7.89. The van der Waals surface area contributed by atoms with Gasteiger partial charge in [-0.25, -0.2) is 0 Å². The van der Waals surface area contributed by atoms with Crippen LogP contribution >= 0.6 is 0 Å². The van der Waals surface area contributed by atoms with E-state index in [2.05, 4.69) is 15.6 Å². The van der Waals surface area contributed by atoms with Gasteiger partial charge in [0, 0.05) is 24.6 Å². The second kappa shape index (κ2) is 11.6. The average Bonchev–Trinajstić information content (AvgIpc) is 2.92. The highest BCUT2D eigenvalue weighted by molar-refractivity contribution is 6.01. The van der Waals surface area contributed by atoms with Crippen LogP contribution in [0.2, 0.25) is 0 Å². The van der Waals surface area contributed by atoms with Crippen molar-refractivity contribution < 1.29 is 14.3 Å². The zero-order chi connectivity index (χ0) is 24.5. The molecule has 0 bridgehead atoms. The van der Waals surface area contributed by atoms with E-state index in [0.717, 1.165) is 11.1 Å². The molecule has 0 spiro atoms. The van der Waals surface area contributed by atoms with E-state index in [0.29, 0.717) is 35.7 Å². The molecule has 0 unspecified atom stereocenters. The zero-order valence-electron chi connectivity index (χ0n) is 19.1. The summed E-state index contributed by atoms with van der Waals surface area (Å²) in [6.45, 7) is 0.786. The fraction of sp³-hybridized carbons (Fsp3) is 0.107. The SMILES string of the molecule is NCc1cccc(NC(=O)[C@@H](NC(=O)c2cccnc2)c2ccc(OCc3ccccc3)cc2)c1. The Morgan fingerprint density at radius 2 is 1.66 bits per heavy atom. The Labute approximate surface area is 204 Å². The first kappa shape index (κ1) is 23.7. The number of ether oxygens (including phenoxy) is 1. The minimum Gasteiger partial charge on any atom is -0.489 e. The van der Waals surface area contributed by atoms with Crippen molar-refractivity contribution in [2.24, 2.45) is 5.73 Å². The minimum atomic E-state index is -0.938. The molecule has 4 aromatic rings. The third-order valence-electron chi connectivity index (χ3n) is 5.35. The van der Waals surface area contributed by atoms with E-state index in [1.165, 1.54) is 6.20 Å². The molecule has 2 amide bonds. The van der Waals surface area contributed by atoms with Crippen LogP contribution in [-0.2, 0) is 17.9 Å². The summed E-state index contributed by atoms with van der Waals surface area (Å²) >= 11 is 0. The van der Waals surface area contributed by atoms with E-state index >= 15 is 0 Å². The summed E-state index contributed by atoms with van der Waals surface area (Å²) in [7, 11) is 0. The maximum absolute atomic E-state index is 13.3. The Bertz CT molecular complexity index is 1260. The number of anilines is 1. The highest BCUT2D eigenvalue weighted by Crippen LogP contribution is 2.22. The Hall–Kier alpha value is -4.49. The summed E-state index contributed by atoms with van der Waals surface area (Å²) in [5, 5.41) is 5.70. The lowest BCUT2D eigenvalue weighted by atomic mass is 10.0. The van der Waals surface area contributed by atoms with Crippen LogP contribution in [0.5, 0.6) is 5.75 Å². The van der Waals surface area contributed by atoms with Crippen LogP contribution in [0.1, 0.15) is 33.1 Å². The molecule has 176 valence electrons. The zero-order valence-corrected chi connectivity index (χ0v) is 19.1. The average molecular weight is 467 g/mol. The first-order valence-electron chi connectivity index (χ1n) is 11.2. The predicted octanol–water partition coefficient (Wildman–Crippen LogP) is 4.23. The number of pyridine rings is 1. The van der Waals surface area contributed by atoms with Crippen molar-refractivity contribution in [1.29, 1.82) is 0 Å². The molecule has 0 saturated heterocycles. The fourth-order valence-corrected chi connectivity index (χ4v) is 3.50. The number of carbonyl (C=O) groups is 2. The van der Waals surface area contributed by atoms with Gasteiger partial charge >= 0.3 is 0 Å². The quantitative estimate of drug-likeness (QED) is 0.342. The Kier molecular flexibility index (Phi) is 7.83. The normalized spacial score (nSPS) is 11.3. The van der Waals surface area contributed by atoms with Crippen LogP contribution in [0.25, 0.3) is 0 Å². The number of nitrogens with one attached hydrogen (secondary N) is 2. The Morgan fingerprint density at radius 1 is 0.886 bits per heavy atom. The monoisotopic (exact) mass is 466 g/mol. The van der Waals surface area contributed by atoms with E-state index < -0.39 is 11.9 Å². The number of nitrogens with two attached hydrogens (primary N) is 1. The molecule has 0 aliphatic rings. The molecule has 4 N–H and O–H groups in total. The number of rotatable bonds is 9. The van der Waals surface area contributed by atoms with Crippen molar-refractivity contribution in [2.45, 2.75) is 19.2 Å². The van der Waals surface area contributed by atoms with Gasteiger partial charge in [-0.1, -0.05) is 54.6 Å². The standard InChI is InChI=1S/C28H26N4O3/c29-17-21-8-4-10-24(16-21)31-28(34)26(32-27(33)23-9-5-15-30-18-23)22-11-13-25(14-12-22)35-19-20-6-2-1-3-7-20/h1-16,18,26H,17,19,29H2,(H,31,34)(H,32,33)/t26-/m0/s1. The lowest BCUT2D eigenvalue weighted by molar-refractivity contribution is -0.118. The number of hydrogen-bond donors (Lipinski definition) is 3. The van der Waals surface area contributed by atoms with E-state index in [4.69, 9.17) is 10.5 Å². The molecule has 0 saturated carbocycles. The van der Waals surface area contributed by atoms with E-state index in [1.54, 1.807) is 54.7 Å². The molecule has 0 aliphatic carbocycles. The molecule has 0 fully saturated rings. The molecule has 4 rings (SSSR count). The van der Waals surface area contributed by atoms with Gasteiger partial charge in [-0.15, -0.1) is 0 Å². The number of nitrogens with zero attached hydrogens (tertiary/aromatic N) is 1. The van der Waals surface area contributed by atoms with E-state index in [9.17, 15) is 9.59 Å². The van der Waals surface area contributed by atoms with Crippen LogP contribution in [0.15, 0.2) is 103 Å². The van der Waals surface area contributed by atoms with Crippen molar-refractivity contribution in [3.05, 3.63) is 126 Å². The summed E-state index contributed by atoms with van der Waals surface area (Å²) in [6, 6.07) is 26.6. The lowest BCUT2D eigenvalue weighted by Gasteiger charge is -2.20. The maximum Gasteiger partial charge on any atom is 0.253 e.